The Labute approximate surface area is 112 Å². The van der Waals surface area contributed by atoms with Crippen LogP contribution in [0.2, 0.25) is 0 Å². The van der Waals surface area contributed by atoms with E-state index in [1.54, 1.807) is 0 Å². The highest BCUT2D eigenvalue weighted by Crippen LogP contribution is 2.30. The maximum absolute atomic E-state index is 4.39. The average molecular weight is 252 g/mol. The SMILES string of the molecule is c1ccc(-c2ccc(N3C[C@H]4NCC[C@H]43)nn2)cc1. The first kappa shape index (κ1) is 10.9. The molecular weight excluding hydrogens is 236 g/mol. The second kappa shape index (κ2) is 4.31. The van der Waals surface area contributed by atoms with Gasteiger partial charge in [-0.1, -0.05) is 30.3 Å². The molecule has 0 saturated carbocycles. The second-order valence-corrected chi connectivity index (χ2v) is 5.21. The Kier molecular flexibility index (Phi) is 2.48. The van der Waals surface area contributed by atoms with E-state index in [4.69, 9.17) is 0 Å². The molecule has 96 valence electrons. The predicted octanol–water partition coefficient (Wildman–Crippen LogP) is 1.69. The highest BCUT2D eigenvalue weighted by atomic mass is 15.4. The fourth-order valence-electron chi connectivity index (χ4n) is 3.03. The predicted molar refractivity (Wildman–Crippen MR) is 75.0 cm³/mol. The van der Waals surface area contributed by atoms with Crippen molar-refractivity contribution in [2.24, 2.45) is 0 Å². The summed E-state index contributed by atoms with van der Waals surface area (Å²) in [7, 11) is 0. The Bertz CT molecular complexity index is 566. The van der Waals surface area contributed by atoms with Gasteiger partial charge in [0.25, 0.3) is 0 Å². The van der Waals surface area contributed by atoms with Gasteiger partial charge < -0.3 is 10.2 Å². The molecule has 1 aromatic carbocycles. The van der Waals surface area contributed by atoms with Gasteiger partial charge >= 0.3 is 0 Å². The van der Waals surface area contributed by atoms with Gasteiger partial charge in [-0.05, 0) is 25.1 Å². The molecule has 0 bridgehead atoms. The smallest absolute Gasteiger partial charge is 0.151 e. The minimum absolute atomic E-state index is 0.622. The quantitative estimate of drug-likeness (QED) is 0.883. The van der Waals surface area contributed by atoms with Gasteiger partial charge in [-0.15, -0.1) is 10.2 Å². The van der Waals surface area contributed by atoms with Crippen LogP contribution in [0.4, 0.5) is 5.82 Å². The first-order chi connectivity index (χ1) is 9.42. The summed E-state index contributed by atoms with van der Waals surface area (Å²) >= 11 is 0. The third-order valence-corrected chi connectivity index (χ3v) is 4.12. The lowest BCUT2D eigenvalue weighted by Crippen LogP contribution is -2.61. The van der Waals surface area contributed by atoms with Crippen LogP contribution in [0.3, 0.4) is 0 Å². The van der Waals surface area contributed by atoms with Crippen molar-refractivity contribution < 1.29 is 0 Å². The summed E-state index contributed by atoms with van der Waals surface area (Å²) < 4.78 is 0. The number of anilines is 1. The monoisotopic (exact) mass is 252 g/mol. The topological polar surface area (TPSA) is 41.0 Å². The van der Waals surface area contributed by atoms with Gasteiger partial charge in [0.05, 0.1) is 5.69 Å². The zero-order valence-electron chi connectivity index (χ0n) is 10.7. The molecule has 2 atom stereocenters. The van der Waals surface area contributed by atoms with E-state index in [2.05, 4.69) is 44.7 Å². The van der Waals surface area contributed by atoms with Crippen LogP contribution in [0, 0.1) is 0 Å². The Hall–Kier alpha value is -1.94. The van der Waals surface area contributed by atoms with Crippen molar-refractivity contribution in [2.45, 2.75) is 18.5 Å². The van der Waals surface area contributed by atoms with Crippen molar-refractivity contribution in [3.8, 4) is 11.3 Å². The molecule has 0 aliphatic carbocycles. The van der Waals surface area contributed by atoms with E-state index in [0.29, 0.717) is 12.1 Å². The molecule has 2 saturated heterocycles. The van der Waals surface area contributed by atoms with Crippen LogP contribution in [0.25, 0.3) is 11.3 Å². The van der Waals surface area contributed by atoms with Crippen LogP contribution in [0.5, 0.6) is 0 Å². The van der Waals surface area contributed by atoms with E-state index < -0.39 is 0 Å². The minimum atomic E-state index is 0.622. The van der Waals surface area contributed by atoms with Crippen molar-refractivity contribution in [2.75, 3.05) is 18.0 Å². The van der Waals surface area contributed by atoms with E-state index in [-0.39, 0.29) is 0 Å². The van der Waals surface area contributed by atoms with E-state index in [9.17, 15) is 0 Å². The first-order valence-electron chi connectivity index (χ1n) is 6.81. The number of rotatable bonds is 2. The molecule has 0 spiro atoms. The molecule has 2 aromatic rings. The molecule has 4 nitrogen and oxygen atoms in total. The highest BCUT2D eigenvalue weighted by Gasteiger charge is 2.42. The van der Waals surface area contributed by atoms with Crippen molar-refractivity contribution in [3.05, 3.63) is 42.5 Å². The molecular formula is C15H16N4. The molecule has 1 aromatic heterocycles. The molecule has 0 radical (unpaired) electrons. The third-order valence-electron chi connectivity index (χ3n) is 4.12. The number of benzene rings is 1. The summed E-state index contributed by atoms with van der Waals surface area (Å²) in [5, 5.41) is 12.2. The standard InChI is InChI=1S/C15H16N4/c1-2-4-11(5-3-1)12-6-7-15(18-17-12)19-10-13-14(19)8-9-16-13/h1-7,13-14,16H,8-10H2/t13-,14-/m1/s1. The molecule has 0 amide bonds. The van der Waals surface area contributed by atoms with Crippen LogP contribution >= 0.6 is 0 Å². The van der Waals surface area contributed by atoms with E-state index in [1.165, 1.54) is 6.42 Å². The normalized spacial score (nSPS) is 24.9. The van der Waals surface area contributed by atoms with Crippen LogP contribution < -0.4 is 10.2 Å². The third kappa shape index (κ3) is 1.79. The molecule has 1 N–H and O–H groups in total. The lowest BCUT2D eigenvalue weighted by molar-refractivity contribution is 0.392. The van der Waals surface area contributed by atoms with Gasteiger partial charge in [0.2, 0.25) is 0 Å². The van der Waals surface area contributed by atoms with Gasteiger partial charge in [0.1, 0.15) is 0 Å². The molecule has 4 heteroatoms. The van der Waals surface area contributed by atoms with Gasteiger partial charge in [0.15, 0.2) is 5.82 Å². The molecule has 2 aliphatic rings. The molecule has 3 heterocycles. The zero-order valence-corrected chi connectivity index (χ0v) is 10.7. The lowest BCUT2D eigenvalue weighted by Gasteiger charge is -2.44. The molecule has 19 heavy (non-hydrogen) atoms. The van der Waals surface area contributed by atoms with Crippen LogP contribution in [0.15, 0.2) is 42.5 Å². The largest absolute Gasteiger partial charge is 0.349 e. The summed E-state index contributed by atoms with van der Waals surface area (Å²) in [5.41, 5.74) is 2.05. The number of hydrogen-bond donors (Lipinski definition) is 1. The van der Waals surface area contributed by atoms with Crippen molar-refractivity contribution in [3.63, 3.8) is 0 Å². The minimum Gasteiger partial charge on any atom is -0.349 e. The summed E-state index contributed by atoms with van der Waals surface area (Å²) in [4.78, 5) is 2.35. The average Bonchev–Trinajstić information content (AvgIpc) is 2.82. The van der Waals surface area contributed by atoms with Crippen molar-refractivity contribution >= 4 is 5.82 Å². The van der Waals surface area contributed by atoms with Gasteiger partial charge in [0, 0.05) is 24.2 Å². The fourth-order valence-corrected chi connectivity index (χ4v) is 3.03. The summed E-state index contributed by atoms with van der Waals surface area (Å²) in [6.07, 6.45) is 1.22. The second-order valence-electron chi connectivity index (χ2n) is 5.21. The number of fused-ring (bicyclic) bond motifs is 1. The fraction of sp³-hybridized carbons (Fsp3) is 0.333. The van der Waals surface area contributed by atoms with E-state index in [0.717, 1.165) is 30.2 Å². The Morgan fingerprint density at radius 1 is 1.05 bits per heavy atom. The van der Waals surface area contributed by atoms with E-state index in [1.807, 2.05) is 18.2 Å². The summed E-state index contributed by atoms with van der Waals surface area (Å²) in [6, 6.07) is 15.6. The van der Waals surface area contributed by atoms with Crippen LogP contribution in [-0.2, 0) is 0 Å². The summed E-state index contributed by atoms with van der Waals surface area (Å²) in [6.45, 7) is 2.19. The number of hydrogen-bond acceptors (Lipinski definition) is 4. The molecule has 2 aliphatic heterocycles. The molecule has 4 rings (SSSR count). The van der Waals surface area contributed by atoms with Crippen LogP contribution in [0.1, 0.15) is 6.42 Å². The highest BCUT2D eigenvalue weighted by molar-refractivity contribution is 5.60. The summed E-state index contributed by atoms with van der Waals surface area (Å²) in [5.74, 6) is 1.00. The first-order valence-corrected chi connectivity index (χ1v) is 6.81. The van der Waals surface area contributed by atoms with Crippen molar-refractivity contribution in [1.82, 2.24) is 15.5 Å². The van der Waals surface area contributed by atoms with Gasteiger partial charge in [-0.25, -0.2) is 0 Å². The Morgan fingerprint density at radius 3 is 2.68 bits per heavy atom. The number of nitrogens with one attached hydrogen (secondary N) is 1. The molecule has 0 unspecified atom stereocenters. The number of aromatic nitrogens is 2. The maximum Gasteiger partial charge on any atom is 0.151 e. The Morgan fingerprint density at radius 2 is 1.95 bits per heavy atom. The van der Waals surface area contributed by atoms with Crippen LogP contribution in [-0.4, -0.2) is 35.4 Å². The van der Waals surface area contributed by atoms with Gasteiger partial charge in [-0.3, -0.25) is 0 Å². The number of nitrogens with zero attached hydrogens (tertiary/aromatic N) is 3. The van der Waals surface area contributed by atoms with E-state index >= 15 is 0 Å². The lowest BCUT2D eigenvalue weighted by atomic mass is 9.98. The van der Waals surface area contributed by atoms with Gasteiger partial charge in [-0.2, -0.15) is 0 Å². The Balaban J connectivity index is 1.57. The van der Waals surface area contributed by atoms with Crippen molar-refractivity contribution in [1.29, 1.82) is 0 Å². The maximum atomic E-state index is 4.39. The zero-order chi connectivity index (χ0) is 12.7. The molecule has 2 fully saturated rings.